The Kier molecular flexibility index (Phi) is 6.01. The number of hydrogen-bond acceptors (Lipinski definition) is 7. The van der Waals surface area contributed by atoms with E-state index in [2.05, 4.69) is 14.2 Å². The molecule has 1 saturated heterocycles. The maximum absolute atomic E-state index is 13.8. The van der Waals surface area contributed by atoms with Crippen LogP contribution in [0.3, 0.4) is 0 Å². The van der Waals surface area contributed by atoms with Crippen molar-refractivity contribution in [3.63, 3.8) is 0 Å². The lowest BCUT2D eigenvalue weighted by Gasteiger charge is -2.39. The van der Waals surface area contributed by atoms with Crippen molar-refractivity contribution in [1.29, 1.82) is 0 Å². The highest BCUT2D eigenvalue weighted by Crippen LogP contribution is 2.29. The summed E-state index contributed by atoms with van der Waals surface area (Å²) >= 11 is 0. The molecular formula is C12H16F2O7. The van der Waals surface area contributed by atoms with Gasteiger partial charge in [-0.25, -0.2) is 8.78 Å². The van der Waals surface area contributed by atoms with Crippen molar-refractivity contribution in [3.8, 4) is 0 Å². The summed E-state index contributed by atoms with van der Waals surface area (Å²) in [6.45, 7) is 2.68. The van der Waals surface area contributed by atoms with E-state index in [1.807, 2.05) is 0 Å². The summed E-state index contributed by atoms with van der Waals surface area (Å²) in [5.41, 5.74) is 0. The Bertz CT molecular complexity index is 414. The number of halogens is 2. The molecule has 0 aromatic heterocycles. The van der Waals surface area contributed by atoms with Crippen LogP contribution in [0, 0.1) is 0 Å². The van der Waals surface area contributed by atoms with Crippen LogP contribution < -0.4 is 0 Å². The topological polar surface area (TPSA) is 88.1 Å². The molecule has 0 saturated carbocycles. The lowest BCUT2D eigenvalue weighted by molar-refractivity contribution is -0.259. The fraction of sp³-hybridized carbons (Fsp3) is 0.750. The molecule has 7 nitrogen and oxygen atoms in total. The quantitative estimate of drug-likeness (QED) is 0.550. The van der Waals surface area contributed by atoms with Gasteiger partial charge in [0.1, 0.15) is 12.7 Å². The lowest BCUT2D eigenvalue weighted by Crippen LogP contribution is -2.58. The highest BCUT2D eigenvalue weighted by atomic mass is 19.2. The van der Waals surface area contributed by atoms with E-state index in [1.54, 1.807) is 0 Å². The van der Waals surface area contributed by atoms with Crippen molar-refractivity contribution in [1.82, 2.24) is 0 Å². The number of esters is 3. The molecule has 2 unspecified atom stereocenters. The fourth-order valence-corrected chi connectivity index (χ4v) is 1.85. The summed E-state index contributed by atoms with van der Waals surface area (Å²) in [6.07, 6.45) is -9.12. The maximum Gasteiger partial charge on any atom is 0.303 e. The molecule has 0 aliphatic carbocycles. The zero-order valence-corrected chi connectivity index (χ0v) is 11.7. The average molecular weight is 310 g/mol. The first-order valence-corrected chi connectivity index (χ1v) is 6.13. The van der Waals surface area contributed by atoms with Gasteiger partial charge in [-0.15, -0.1) is 0 Å². The summed E-state index contributed by atoms with van der Waals surface area (Å²) in [5, 5.41) is 0. The van der Waals surface area contributed by atoms with Crippen molar-refractivity contribution >= 4 is 17.9 Å². The van der Waals surface area contributed by atoms with Crippen LogP contribution in [0.2, 0.25) is 0 Å². The van der Waals surface area contributed by atoms with Gasteiger partial charge in [0.05, 0.1) is 0 Å². The van der Waals surface area contributed by atoms with Crippen molar-refractivity contribution in [2.75, 3.05) is 6.61 Å². The van der Waals surface area contributed by atoms with Gasteiger partial charge in [-0.2, -0.15) is 0 Å². The Morgan fingerprint density at radius 1 is 0.952 bits per heavy atom. The highest BCUT2D eigenvalue weighted by Gasteiger charge is 2.51. The van der Waals surface area contributed by atoms with E-state index in [1.165, 1.54) is 0 Å². The third kappa shape index (κ3) is 4.92. The van der Waals surface area contributed by atoms with Crippen LogP contribution in [0.1, 0.15) is 20.8 Å². The predicted molar refractivity (Wildman–Crippen MR) is 62.4 cm³/mol. The molecule has 1 aliphatic rings. The minimum Gasteiger partial charge on any atom is -0.463 e. The van der Waals surface area contributed by atoms with Gasteiger partial charge in [0.2, 0.25) is 6.36 Å². The number of ether oxygens (including phenoxy) is 4. The first-order chi connectivity index (χ1) is 9.72. The Balaban J connectivity index is 2.94. The van der Waals surface area contributed by atoms with Gasteiger partial charge in [0, 0.05) is 20.8 Å². The van der Waals surface area contributed by atoms with E-state index in [0.29, 0.717) is 0 Å². The largest absolute Gasteiger partial charge is 0.463 e. The van der Waals surface area contributed by atoms with E-state index in [4.69, 9.17) is 4.74 Å². The molecule has 1 heterocycles. The number of hydrogen-bond donors (Lipinski definition) is 0. The minimum absolute atomic E-state index is 0.474. The van der Waals surface area contributed by atoms with Gasteiger partial charge in [-0.1, -0.05) is 0 Å². The third-order valence-electron chi connectivity index (χ3n) is 2.61. The molecule has 1 rings (SSSR count). The van der Waals surface area contributed by atoms with Crippen LogP contribution in [0.25, 0.3) is 0 Å². The van der Waals surface area contributed by atoms with Crippen molar-refractivity contribution in [2.45, 2.75) is 51.6 Å². The fourth-order valence-electron chi connectivity index (χ4n) is 1.85. The second kappa shape index (κ2) is 7.30. The first-order valence-electron chi connectivity index (χ1n) is 6.13. The average Bonchev–Trinajstić information content (AvgIpc) is 2.35. The molecule has 21 heavy (non-hydrogen) atoms. The smallest absolute Gasteiger partial charge is 0.303 e. The SMILES string of the molecule is CC(=O)OCC1OC(F)[C@@H](F)[C@@H](OC(C)=O)[C@@H]1OC(C)=O. The summed E-state index contributed by atoms with van der Waals surface area (Å²) in [6, 6.07) is 0. The normalized spacial score (nSPS) is 32.1. The molecule has 0 spiro atoms. The van der Waals surface area contributed by atoms with Gasteiger partial charge in [-0.05, 0) is 0 Å². The second-order valence-electron chi connectivity index (χ2n) is 4.42. The van der Waals surface area contributed by atoms with E-state index in [-0.39, 0.29) is 0 Å². The van der Waals surface area contributed by atoms with Crippen LogP contribution in [0.5, 0.6) is 0 Å². The van der Waals surface area contributed by atoms with Crippen LogP contribution in [0.15, 0.2) is 0 Å². The summed E-state index contributed by atoms with van der Waals surface area (Å²) in [4.78, 5) is 32.8. The van der Waals surface area contributed by atoms with Gasteiger partial charge in [0.25, 0.3) is 0 Å². The van der Waals surface area contributed by atoms with Crippen molar-refractivity contribution < 1.29 is 42.1 Å². The van der Waals surface area contributed by atoms with E-state index in [9.17, 15) is 23.2 Å². The summed E-state index contributed by atoms with van der Waals surface area (Å²) in [5.74, 6) is -2.36. The van der Waals surface area contributed by atoms with E-state index < -0.39 is 55.4 Å². The van der Waals surface area contributed by atoms with Crippen molar-refractivity contribution in [2.24, 2.45) is 0 Å². The molecule has 0 N–H and O–H groups in total. The van der Waals surface area contributed by atoms with Gasteiger partial charge >= 0.3 is 17.9 Å². The third-order valence-corrected chi connectivity index (χ3v) is 2.61. The molecular weight excluding hydrogens is 294 g/mol. The Hall–Kier alpha value is -1.77. The molecule has 0 radical (unpaired) electrons. The number of rotatable bonds is 4. The van der Waals surface area contributed by atoms with Crippen LogP contribution in [-0.2, 0) is 33.3 Å². The van der Waals surface area contributed by atoms with Crippen LogP contribution in [0.4, 0.5) is 8.78 Å². The van der Waals surface area contributed by atoms with Gasteiger partial charge in [-0.3, -0.25) is 14.4 Å². The lowest BCUT2D eigenvalue weighted by atomic mass is 10.00. The molecule has 9 heteroatoms. The maximum atomic E-state index is 13.8. The molecule has 1 fully saturated rings. The van der Waals surface area contributed by atoms with E-state index >= 15 is 0 Å². The van der Waals surface area contributed by atoms with Crippen molar-refractivity contribution in [3.05, 3.63) is 0 Å². The molecule has 120 valence electrons. The monoisotopic (exact) mass is 310 g/mol. The molecule has 0 aromatic carbocycles. The molecule has 1 aliphatic heterocycles. The summed E-state index contributed by atoms with van der Waals surface area (Å²) in [7, 11) is 0. The Labute approximate surface area is 119 Å². The Morgan fingerprint density at radius 2 is 1.48 bits per heavy atom. The second-order valence-corrected chi connectivity index (χ2v) is 4.42. The number of alkyl halides is 2. The molecule has 0 amide bonds. The van der Waals surface area contributed by atoms with Gasteiger partial charge < -0.3 is 18.9 Å². The predicted octanol–water partition coefficient (Wildman–Crippen LogP) is 0.445. The summed E-state index contributed by atoms with van der Waals surface area (Å²) < 4.78 is 46.1. The molecule has 0 aromatic rings. The molecule has 0 bridgehead atoms. The van der Waals surface area contributed by atoms with Crippen LogP contribution >= 0.6 is 0 Å². The zero-order valence-electron chi connectivity index (χ0n) is 11.7. The zero-order chi connectivity index (χ0) is 16.2. The number of carbonyl (C=O) groups excluding carboxylic acids is 3. The van der Waals surface area contributed by atoms with E-state index in [0.717, 1.165) is 20.8 Å². The van der Waals surface area contributed by atoms with Gasteiger partial charge in [0.15, 0.2) is 18.4 Å². The standard InChI is InChI=1S/C12H16F2O7/c1-5(15)18-4-8-10(19-6(2)16)11(20-7(3)17)9(13)12(14)21-8/h8-12H,4H2,1-3H3/t8?,9-,10+,11+,12?/m0/s1. The molecule has 5 atom stereocenters. The Morgan fingerprint density at radius 3 is 1.95 bits per heavy atom. The highest BCUT2D eigenvalue weighted by molar-refractivity contribution is 5.67. The van der Waals surface area contributed by atoms with Crippen LogP contribution in [-0.4, -0.2) is 55.4 Å². The number of carbonyl (C=O) groups is 3. The minimum atomic E-state index is -2.40. The first kappa shape index (κ1) is 17.3.